The van der Waals surface area contributed by atoms with Gasteiger partial charge in [0.1, 0.15) is 5.76 Å². The van der Waals surface area contributed by atoms with E-state index in [1.807, 2.05) is 46.8 Å². The van der Waals surface area contributed by atoms with E-state index in [1.54, 1.807) is 6.20 Å². The molecule has 0 saturated carbocycles. The zero-order valence-corrected chi connectivity index (χ0v) is 15.6. The number of aromatic nitrogens is 2. The van der Waals surface area contributed by atoms with Crippen LogP contribution in [0, 0.1) is 13.8 Å². The van der Waals surface area contributed by atoms with Gasteiger partial charge in [-0.3, -0.25) is 0 Å². The Hall–Kier alpha value is -2.57. The molecule has 0 unspecified atom stereocenters. The fourth-order valence-electron chi connectivity index (χ4n) is 2.10. The number of nitrogens with one attached hydrogen (secondary N) is 2. The Balaban J connectivity index is 1.94. The minimum Gasteiger partial charge on any atom is -0.475 e. The van der Waals surface area contributed by atoms with Gasteiger partial charge < -0.3 is 19.8 Å². The number of guanidine groups is 1. The molecule has 0 radical (unpaired) electrons. The maximum atomic E-state index is 5.57. The zero-order chi connectivity index (χ0) is 18.2. The van der Waals surface area contributed by atoms with Crippen molar-refractivity contribution in [3.05, 3.63) is 41.2 Å². The molecule has 2 N–H and O–H groups in total. The van der Waals surface area contributed by atoms with Crippen LogP contribution in [-0.4, -0.2) is 28.6 Å². The van der Waals surface area contributed by atoms with E-state index >= 15 is 0 Å². The largest absolute Gasteiger partial charge is 0.475 e. The van der Waals surface area contributed by atoms with Crippen molar-refractivity contribution in [2.24, 2.45) is 4.99 Å². The summed E-state index contributed by atoms with van der Waals surface area (Å²) in [6.07, 6.45) is 1.90. The smallest absolute Gasteiger partial charge is 0.214 e. The number of oxazole rings is 1. The molecule has 7 nitrogen and oxygen atoms in total. The van der Waals surface area contributed by atoms with Gasteiger partial charge >= 0.3 is 0 Å². The van der Waals surface area contributed by atoms with E-state index in [0.29, 0.717) is 30.8 Å². The molecule has 2 aromatic heterocycles. The topological polar surface area (TPSA) is 84.6 Å². The average Bonchev–Trinajstić information content (AvgIpc) is 2.89. The lowest BCUT2D eigenvalue weighted by atomic mass is 10.3. The summed E-state index contributed by atoms with van der Waals surface area (Å²) in [5.74, 6) is 2.83. The van der Waals surface area contributed by atoms with Gasteiger partial charge in [-0.2, -0.15) is 0 Å². The Morgan fingerprint density at radius 2 is 2.08 bits per heavy atom. The number of rotatable bonds is 7. The van der Waals surface area contributed by atoms with Crippen LogP contribution in [0.15, 0.2) is 27.7 Å². The molecule has 0 saturated heterocycles. The maximum absolute atomic E-state index is 5.57. The van der Waals surface area contributed by atoms with Crippen LogP contribution < -0.4 is 15.4 Å². The third-order valence-electron chi connectivity index (χ3n) is 3.40. The summed E-state index contributed by atoms with van der Waals surface area (Å²) in [6.45, 7) is 11.6. The first kappa shape index (κ1) is 18.8. The van der Waals surface area contributed by atoms with Crippen LogP contribution in [0.2, 0.25) is 0 Å². The minimum absolute atomic E-state index is 0.114. The first-order valence-corrected chi connectivity index (χ1v) is 8.54. The summed E-state index contributed by atoms with van der Waals surface area (Å²) in [5, 5.41) is 6.43. The Kier molecular flexibility index (Phi) is 6.80. The highest BCUT2D eigenvalue weighted by molar-refractivity contribution is 5.79. The van der Waals surface area contributed by atoms with Crippen LogP contribution in [0.1, 0.15) is 43.7 Å². The number of aliphatic imine (C=N–C) groups is 1. The van der Waals surface area contributed by atoms with Gasteiger partial charge in [-0.1, -0.05) is 6.07 Å². The maximum Gasteiger partial charge on any atom is 0.214 e. The predicted molar refractivity (Wildman–Crippen MR) is 97.6 cm³/mol. The Morgan fingerprint density at radius 1 is 1.28 bits per heavy atom. The highest BCUT2D eigenvalue weighted by atomic mass is 16.5. The molecule has 0 aromatic carbocycles. The van der Waals surface area contributed by atoms with E-state index in [9.17, 15) is 0 Å². The summed E-state index contributed by atoms with van der Waals surface area (Å²) in [7, 11) is 0. The third-order valence-corrected chi connectivity index (χ3v) is 3.40. The van der Waals surface area contributed by atoms with Crippen LogP contribution in [0.3, 0.4) is 0 Å². The molecule has 0 atom stereocenters. The lowest BCUT2D eigenvalue weighted by Gasteiger charge is -2.10. The van der Waals surface area contributed by atoms with E-state index in [2.05, 4.69) is 25.6 Å². The van der Waals surface area contributed by atoms with Crippen LogP contribution in [0.5, 0.6) is 5.88 Å². The van der Waals surface area contributed by atoms with Crippen molar-refractivity contribution < 1.29 is 9.15 Å². The van der Waals surface area contributed by atoms with Gasteiger partial charge in [0, 0.05) is 18.8 Å². The molecule has 0 aliphatic carbocycles. The Labute approximate surface area is 148 Å². The molecule has 136 valence electrons. The first-order chi connectivity index (χ1) is 12.0. The second-order valence-electron chi connectivity index (χ2n) is 5.97. The number of aryl methyl sites for hydroxylation is 2. The number of hydrogen-bond donors (Lipinski definition) is 2. The van der Waals surface area contributed by atoms with Crippen molar-refractivity contribution in [3.63, 3.8) is 0 Å². The number of ether oxygens (including phenoxy) is 1. The van der Waals surface area contributed by atoms with Gasteiger partial charge in [0.25, 0.3) is 0 Å². The molecule has 0 bridgehead atoms. The minimum atomic E-state index is 0.114. The molecule has 2 heterocycles. The molecule has 0 aliphatic rings. The van der Waals surface area contributed by atoms with Gasteiger partial charge in [-0.05, 0) is 40.2 Å². The number of hydrogen-bond acceptors (Lipinski definition) is 5. The predicted octanol–water partition coefficient (Wildman–Crippen LogP) is 2.73. The SMILES string of the molecule is CCNC(=NCc1ccc(OC(C)C)nc1)NCc1nc(C)c(C)o1. The fourth-order valence-corrected chi connectivity index (χ4v) is 2.10. The summed E-state index contributed by atoms with van der Waals surface area (Å²) in [4.78, 5) is 13.2. The van der Waals surface area contributed by atoms with Crippen LogP contribution >= 0.6 is 0 Å². The van der Waals surface area contributed by atoms with E-state index in [1.165, 1.54) is 0 Å². The second-order valence-corrected chi connectivity index (χ2v) is 5.97. The van der Waals surface area contributed by atoms with Crippen molar-refractivity contribution >= 4 is 5.96 Å². The van der Waals surface area contributed by atoms with Crippen molar-refractivity contribution in [3.8, 4) is 5.88 Å². The summed E-state index contributed by atoms with van der Waals surface area (Å²) in [5.41, 5.74) is 1.92. The average molecular weight is 345 g/mol. The summed E-state index contributed by atoms with van der Waals surface area (Å²) >= 11 is 0. The Bertz CT molecular complexity index is 672. The molecule has 7 heteroatoms. The highest BCUT2D eigenvalue weighted by Crippen LogP contribution is 2.10. The molecule has 0 spiro atoms. The molecule has 2 rings (SSSR count). The fraction of sp³-hybridized carbons (Fsp3) is 0.500. The molecular formula is C18H27N5O2. The summed E-state index contributed by atoms with van der Waals surface area (Å²) in [6, 6.07) is 3.84. The van der Waals surface area contributed by atoms with Crippen LogP contribution in [0.25, 0.3) is 0 Å². The van der Waals surface area contributed by atoms with E-state index in [0.717, 1.165) is 23.6 Å². The number of nitrogens with zero attached hydrogens (tertiary/aromatic N) is 3. The van der Waals surface area contributed by atoms with Gasteiger partial charge in [0.05, 0.1) is 24.9 Å². The molecule has 0 aliphatic heterocycles. The van der Waals surface area contributed by atoms with Gasteiger partial charge in [-0.15, -0.1) is 0 Å². The number of pyridine rings is 1. The normalized spacial score (nSPS) is 11.7. The molecule has 0 fully saturated rings. The van der Waals surface area contributed by atoms with E-state index in [4.69, 9.17) is 9.15 Å². The highest BCUT2D eigenvalue weighted by Gasteiger charge is 2.06. The quantitative estimate of drug-likeness (QED) is 0.593. The zero-order valence-electron chi connectivity index (χ0n) is 15.6. The second kappa shape index (κ2) is 9.05. The van der Waals surface area contributed by atoms with Crippen molar-refractivity contribution in [2.45, 2.75) is 53.8 Å². The lowest BCUT2D eigenvalue weighted by molar-refractivity contribution is 0.232. The molecular weight excluding hydrogens is 318 g/mol. The molecule has 25 heavy (non-hydrogen) atoms. The van der Waals surface area contributed by atoms with Crippen molar-refractivity contribution in [1.29, 1.82) is 0 Å². The standard InChI is InChI=1S/C18H27N5O2/c1-6-19-18(22-11-17-23-13(4)14(5)25-17)21-10-15-7-8-16(20-9-15)24-12(2)3/h7-9,12H,6,10-11H2,1-5H3,(H2,19,21,22). The van der Waals surface area contributed by atoms with Crippen LogP contribution in [0.4, 0.5) is 0 Å². The first-order valence-electron chi connectivity index (χ1n) is 8.54. The summed E-state index contributed by atoms with van der Waals surface area (Å²) < 4.78 is 11.1. The van der Waals surface area contributed by atoms with Gasteiger partial charge in [0.15, 0.2) is 5.96 Å². The monoisotopic (exact) mass is 345 g/mol. The van der Waals surface area contributed by atoms with E-state index in [-0.39, 0.29) is 6.10 Å². The molecule has 2 aromatic rings. The van der Waals surface area contributed by atoms with Crippen molar-refractivity contribution in [1.82, 2.24) is 20.6 Å². The van der Waals surface area contributed by atoms with E-state index < -0.39 is 0 Å². The molecule has 0 amide bonds. The Morgan fingerprint density at radius 3 is 2.64 bits per heavy atom. The third kappa shape index (κ3) is 6.10. The van der Waals surface area contributed by atoms with Crippen molar-refractivity contribution in [2.75, 3.05) is 6.54 Å². The lowest BCUT2D eigenvalue weighted by Crippen LogP contribution is -2.36. The van der Waals surface area contributed by atoms with Gasteiger partial charge in [0.2, 0.25) is 11.8 Å². The van der Waals surface area contributed by atoms with Gasteiger partial charge in [-0.25, -0.2) is 15.0 Å². The van der Waals surface area contributed by atoms with Crippen LogP contribution in [-0.2, 0) is 13.1 Å².